The first kappa shape index (κ1) is 20.5. The van der Waals surface area contributed by atoms with Crippen molar-refractivity contribution in [2.24, 2.45) is 0 Å². The van der Waals surface area contributed by atoms with Crippen molar-refractivity contribution in [2.45, 2.75) is 31.7 Å². The highest BCUT2D eigenvalue weighted by molar-refractivity contribution is 5.94. The van der Waals surface area contributed by atoms with Gasteiger partial charge in [0.25, 0.3) is 5.91 Å². The number of hydrogen-bond acceptors (Lipinski definition) is 5. The van der Waals surface area contributed by atoms with Crippen molar-refractivity contribution >= 4 is 11.7 Å². The van der Waals surface area contributed by atoms with E-state index in [4.69, 9.17) is 9.72 Å². The number of ether oxygens (including phenoxy) is 1. The van der Waals surface area contributed by atoms with E-state index in [0.29, 0.717) is 26.3 Å². The number of benzene rings is 1. The van der Waals surface area contributed by atoms with Gasteiger partial charge in [0.2, 0.25) is 0 Å². The fourth-order valence-electron chi connectivity index (χ4n) is 5.08. The molecule has 3 fully saturated rings. The normalized spacial score (nSPS) is 20.9. The Morgan fingerprint density at radius 1 is 0.839 bits per heavy atom. The van der Waals surface area contributed by atoms with E-state index in [2.05, 4.69) is 21.9 Å². The molecule has 3 heterocycles. The van der Waals surface area contributed by atoms with Gasteiger partial charge in [-0.3, -0.25) is 9.69 Å². The van der Waals surface area contributed by atoms with Gasteiger partial charge in [-0.15, -0.1) is 0 Å². The summed E-state index contributed by atoms with van der Waals surface area (Å²) in [5.74, 6) is 1.15. The maximum atomic E-state index is 12.6. The number of piperazine rings is 1. The lowest BCUT2D eigenvalue weighted by molar-refractivity contribution is 0.0303. The highest BCUT2D eigenvalue weighted by Gasteiger charge is 2.26. The Hall–Kier alpha value is -2.44. The Balaban J connectivity index is 1.19. The number of anilines is 1. The molecule has 1 aromatic carbocycles. The van der Waals surface area contributed by atoms with Gasteiger partial charge in [0.05, 0.1) is 13.2 Å². The second-order valence-electron chi connectivity index (χ2n) is 8.85. The number of hydrogen-bond donors (Lipinski definition) is 0. The number of morpholine rings is 1. The second kappa shape index (κ2) is 9.37. The van der Waals surface area contributed by atoms with E-state index in [1.165, 1.54) is 25.7 Å². The van der Waals surface area contributed by atoms with Crippen LogP contribution in [-0.4, -0.2) is 79.2 Å². The minimum atomic E-state index is 0.0834. The van der Waals surface area contributed by atoms with Gasteiger partial charge in [-0.1, -0.05) is 25.0 Å². The lowest BCUT2D eigenvalue weighted by Crippen LogP contribution is -2.49. The molecule has 0 N–H and O–H groups in total. The molecular weight excluding hydrogens is 388 g/mol. The number of amides is 1. The first-order chi connectivity index (χ1) is 15.3. The summed E-state index contributed by atoms with van der Waals surface area (Å²) < 4.78 is 5.34. The van der Waals surface area contributed by atoms with Crippen LogP contribution >= 0.6 is 0 Å². The van der Waals surface area contributed by atoms with Crippen molar-refractivity contribution in [1.29, 1.82) is 0 Å². The van der Waals surface area contributed by atoms with Gasteiger partial charge in [-0.25, -0.2) is 4.98 Å². The van der Waals surface area contributed by atoms with Crippen molar-refractivity contribution in [1.82, 2.24) is 14.8 Å². The van der Waals surface area contributed by atoms with Crippen molar-refractivity contribution in [3.05, 3.63) is 48.2 Å². The molecule has 0 radical (unpaired) electrons. The zero-order chi connectivity index (χ0) is 21.0. The molecule has 5 rings (SSSR count). The van der Waals surface area contributed by atoms with E-state index in [0.717, 1.165) is 54.7 Å². The third kappa shape index (κ3) is 4.60. The van der Waals surface area contributed by atoms with E-state index in [1.807, 2.05) is 35.4 Å². The van der Waals surface area contributed by atoms with E-state index in [-0.39, 0.29) is 5.91 Å². The molecule has 1 aliphatic carbocycles. The highest BCUT2D eigenvalue weighted by Crippen LogP contribution is 2.26. The standard InChI is InChI=1S/C25H32N4O2/c30-25(29-15-17-31-18-16-29)21-7-5-20(6-8-21)22-9-10-24(26-19-22)28-13-11-27(12-14-28)23-3-1-2-4-23/h5-10,19,23H,1-4,11-18H2. The van der Waals surface area contributed by atoms with Crippen LogP contribution in [0.4, 0.5) is 5.82 Å². The maximum absolute atomic E-state index is 12.6. The van der Waals surface area contributed by atoms with Crippen LogP contribution in [0.25, 0.3) is 11.1 Å². The molecule has 31 heavy (non-hydrogen) atoms. The molecule has 164 valence electrons. The molecule has 2 saturated heterocycles. The van der Waals surface area contributed by atoms with Crippen LogP contribution in [0.1, 0.15) is 36.0 Å². The predicted octanol–water partition coefficient (Wildman–Crippen LogP) is 3.29. The van der Waals surface area contributed by atoms with Crippen LogP contribution in [0.2, 0.25) is 0 Å². The summed E-state index contributed by atoms with van der Waals surface area (Å²) in [6.07, 6.45) is 7.51. The predicted molar refractivity (Wildman–Crippen MR) is 122 cm³/mol. The van der Waals surface area contributed by atoms with Crippen LogP contribution in [0.15, 0.2) is 42.6 Å². The summed E-state index contributed by atoms with van der Waals surface area (Å²) in [5, 5.41) is 0. The monoisotopic (exact) mass is 420 g/mol. The summed E-state index contributed by atoms with van der Waals surface area (Å²) in [7, 11) is 0. The number of nitrogens with zero attached hydrogens (tertiary/aromatic N) is 4. The molecule has 3 aliphatic rings. The van der Waals surface area contributed by atoms with Gasteiger partial charge in [-0.05, 0) is 42.7 Å². The van der Waals surface area contributed by atoms with Crippen LogP contribution < -0.4 is 4.90 Å². The molecule has 1 saturated carbocycles. The third-order valence-corrected chi connectivity index (χ3v) is 6.99. The van der Waals surface area contributed by atoms with Gasteiger partial charge in [0.15, 0.2) is 0 Å². The largest absolute Gasteiger partial charge is 0.378 e. The Kier molecular flexibility index (Phi) is 6.18. The third-order valence-electron chi connectivity index (χ3n) is 6.99. The Morgan fingerprint density at radius 2 is 1.52 bits per heavy atom. The van der Waals surface area contributed by atoms with E-state index in [1.54, 1.807) is 0 Å². The molecule has 0 unspecified atom stereocenters. The minimum absolute atomic E-state index is 0.0834. The molecule has 6 nitrogen and oxygen atoms in total. The van der Waals surface area contributed by atoms with Crippen LogP contribution in [0.5, 0.6) is 0 Å². The minimum Gasteiger partial charge on any atom is -0.378 e. The summed E-state index contributed by atoms with van der Waals surface area (Å²) in [6, 6.07) is 13.0. The number of rotatable bonds is 4. The fraction of sp³-hybridized carbons (Fsp3) is 0.520. The number of aromatic nitrogens is 1. The van der Waals surface area contributed by atoms with Gasteiger partial charge < -0.3 is 14.5 Å². The Labute approximate surface area is 184 Å². The molecule has 0 spiro atoms. The van der Waals surface area contributed by atoms with Crippen molar-refractivity contribution < 1.29 is 9.53 Å². The van der Waals surface area contributed by atoms with Crippen LogP contribution in [-0.2, 0) is 4.74 Å². The van der Waals surface area contributed by atoms with Gasteiger partial charge in [-0.2, -0.15) is 0 Å². The van der Waals surface area contributed by atoms with Crippen molar-refractivity contribution in [3.63, 3.8) is 0 Å². The number of carbonyl (C=O) groups excluding carboxylic acids is 1. The first-order valence-electron chi connectivity index (χ1n) is 11.7. The fourth-order valence-corrected chi connectivity index (χ4v) is 5.08. The lowest BCUT2D eigenvalue weighted by Gasteiger charge is -2.38. The second-order valence-corrected chi connectivity index (χ2v) is 8.85. The first-order valence-corrected chi connectivity index (χ1v) is 11.7. The molecule has 1 aromatic heterocycles. The van der Waals surface area contributed by atoms with Crippen LogP contribution in [0, 0.1) is 0 Å². The highest BCUT2D eigenvalue weighted by atomic mass is 16.5. The summed E-state index contributed by atoms with van der Waals surface area (Å²) in [4.78, 5) is 24.3. The summed E-state index contributed by atoms with van der Waals surface area (Å²) in [6.45, 7) is 6.98. The maximum Gasteiger partial charge on any atom is 0.254 e. The van der Waals surface area contributed by atoms with Gasteiger partial charge in [0.1, 0.15) is 5.82 Å². The zero-order valence-electron chi connectivity index (χ0n) is 18.2. The molecule has 2 aliphatic heterocycles. The van der Waals surface area contributed by atoms with Crippen molar-refractivity contribution in [2.75, 3.05) is 57.4 Å². The zero-order valence-corrected chi connectivity index (χ0v) is 18.2. The van der Waals surface area contributed by atoms with E-state index >= 15 is 0 Å². The average Bonchev–Trinajstić information content (AvgIpc) is 3.40. The van der Waals surface area contributed by atoms with Gasteiger partial charge >= 0.3 is 0 Å². The molecule has 0 atom stereocenters. The van der Waals surface area contributed by atoms with Gasteiger partial charge in [0, 0.05) is 62.6 Å². The summed E-state index contributed by atoms with van der Waals surface area (Å²) in [5.41, 5.74) is 2.90. The Morgan fingerprint density at radius 3 is 2.16 bits per heavy atom. The lowest BCUT2D eigenvalue weighted by atomic mass is 10.0. The number of carbonyl (C=O) groups is 1. The molecule has 2 aromatic rings. The number of pyridine rings is 1. The molecule has 6 heteroatoms. The van der Waals surface area contributed by atoms with E-state index < -0.39 is 0 Å². The van der Waals surface area contributed by atoms with E-state index in [9.17, 15) is 4.79 Å². The van der Waals surface area contributed by atoms with Crippen molar-refractivity contribution in [3.8, 4) is 11.1 Å². The molecule has 0 bridgehead atoms. The molecule has 1 amide bonds. The quantitative estimate of drug-likeness (QED) is 0.760. The molecular formula is C25H32N4O2. The topological polar surface area (TPSA) is 48.9 Å². The van der Waals surface area contributed by atoms with Crippen LogP contribution in [0.3, 0.4) is 0 Å². The SMILES string of the molecule is O=C(c1ccc(-c2ccc(N3CCN(C4CCCC4)CC3)nc2)cc1)N1CCOCC1. The summed E-state index contributed by atoms with van der Waals surface area (Å²) >= 11 is 0. The smallest absolute Gasteiger partial charge is 0.254 e. The average molecular weight is 421 g/mol. The Bertz CT molecular complexity index is 863.